The summed E-state index contributed by atoms with van der Waals surface area (Å²) >= 11 is 0. The zero-order valence-corrected chi connectivity index (χ0v) is 19.9. The number of fused-ring (bicyclic) bond motifs is 1. The smallest absolute Gasteiger partial charge is 0.225 e. The quantitative estimate of drug-likeness (QED) is 0.395. The number of hydrogen-bond acceptors (Lipinski definition) is 3. The fourth-order valence-corrected chi connectivity index (χ4v) is 5.33. The summed E-state index contributed by atoms with van der Waals surface area (Å²) in [6.07, 6.45) is 4.99. The van der Waals surface area contributed by atoms with E-state index in [1.165, 1.54) is 22.3 Å². The molecule has 1 aliphatic carbocycles. The molecule has 0 radical (unpaired) electrons. The molecule has 1 aliphatic heterocycles. The molecule has 2 fully saturated rings. The number of carbonyl (C=O) groups excluding carboxylic acids is 1. The van der Waals surface area contributed by atoms with Gasteiger partial charge in [-0.2, -0.15) is 0 Å². The second-order valence-electron chi connectivity index (χ2n) is 10.0. The number of aromatic nitrogens is 3. The van der Waals surface area contributed by atoms with Gasteiger partial charge in [0.2, 0.25) is 5.91 Å². The lowest BCUT2D eigenvalue weighted by Gasteiger charge is -2.18. The molecule has 2 aliphatic rings. The topological polar surface area (TPSA) is 51.0 Å². The minimum atomic E-state index is 0.295. The molecule has 4 aromatic rings. The summed E-state index contributed by atoms with van der Waals surface area (Å²) in [6.45, 7) is 6.87. The number of pyridine rings is 1. The van der Waals surface area contributed by atoms with E-state index < -0.39 is 0 Å². The molecule has 0 N–H and O–H groups in total. The molecule has 172 valence electrons. The fraction of sp³-hybridized carbons (Fsp3) is 0.345. The van der Waals surface area contributed by atoms with Crippen LogP contribution in [-0.2, 0) is 11.3 Å². The Bertz CT molecular complexity index is 1370. The van der Waals surface area contributed by atoms with Crippen LogP contribution in [0.4, 0.5) is 0 Å². The van der Waals surface area contributed by atoms with E-state index in [9.17, 15) is 4.79 Å². The molecule has 6 rings (SSSR count). The Morgan fingerprint density at radius 1 is 1.00 bits per heavy atom. The fourth-order valence-electron chi connectivity index (χ4n) is 5.33. The van der Waals surface area contributed by atoms with Crippen molar-refractivity contribution in [2.24, 2.45) is 11.8 Å². The van der Waals surface area contributed by atoms with E-state index in [2.05, 4.69) is 76.8 Å². The van der Waals surface area contributed by atoms with E-state index in [0.29, 0.717) is 17.7 Å². The molecule has 5 nitrogen and oxygen atoms in total. The Morgan fingerprint density at radius 3 is 2.56 bits per heavy atom. The third-order valence-electron chi connectivity index (χ3n) is 7.33. The molecular formula is C29H30N4O. The van der Waals surface area contributed by atoms with Gasteiger partial charge in [0, 0.05) is 37.3 Å². The Labute approximate surface area is 200 Å². The Hall–Kier alpha value is -3.47. The molecular weight excluding hydrogens is 420 g/mol. The van der Waals surface area contributed by atoms with Crippen LogP contribution in [0, 0.1) is 25.7 Å². The van der Waals surface area contributed by atoms with Gasteiger partial charge in [0.15, 0.2) is 5.65 Å². The van der Waals surface area contributed by atoms with E-state index in [0.717, 1.165) is 61.4 Å². The monoisotopic (exact) mass is 450 g/mol. The highest BCUT2D eigenvalue weighted by Gasteiger charge is 2.36. The first kappa shape index (κ1) is 21.1. The molecule has 34 heavy (non-hydrogen) atoms. The van der Waals surface area contributed by atoms with E-state index in [-0.39, 0.29) is 0 Å². The number of benzene rings is 2. The second kappa shape index (κ2) is 8.39. The number of hydrogen-bond donors (Lipinski definition) is 0. The largest absolute Gasteiger partial charge is 0.342 e. The average Bonchev–Trinajstić information content (AvgIpc) is 3.49. The van der Waals surface area contributed by atoms with Crippen LogP contribution in [0.2, 0.25) is 0 Å². The maximum absolute atomic E-state index is 12.5. The van der Waals surface area contributed by atoms with E-state index in [1.54, 1.807) is 6.20 Å². The molecule has 1 atom stereocenters. The van der Waals surface area contributed by atoms with Gasteiger partial charge >= 0.3 is 0 Å². The summed E-state index contributed by atoms with van der Waals surface area (Å²) in [4.78, 5) is 24.1. The van der Waals surface area contributed by atoms with E-state index >= 15 is 0 Å². The number of nitrogens with zero attached hydrogens (tertiary/aromatic N) is 4. The summed E-state index contributed by atoms with van der Waals surface area (Å²) in [5, 5.41) is 0. The first-order valence-corrected chi connectivity index (χ1v) is 12.3. The molecule has 0 spiro atoms. The third kappa shape index (κ3) is 3.89. The summed E-state index contributed by atoms with van der Waals surface area (Å²) in [6, 6.07) is 19.4. The highest BCUT2D eigenvalue weighted by molar-refractivity contribution is 5.81. The number of likely N-dealkylation sites (tertiary alicyclic amines) is 1. The van der Waals surface area contributed by atoms with Gasteiger partial charge in [-0.05, 0) is 67.9 Å². The minimum Gasteiger partial charge on any atom is -0.342 e. The van der Waals surface area contributed by atoms with Gasteiger partial charge in [-0.25, -0.2) is 9.97 Å². The van der Waals surface area contributed by atoms with Crippen LogP contribution in [0.1, 0.15) is 30.4 Å². The lowest BCUT2D eigenvalue weighted by molar-refractivity contribution is -0.131. The van der Waals surface area contributed by atoms with Gasteiger partial charge in [0.05, 0.1) is 5.52 Å². The third-order valence-corrected chi connectivity index (χ3v) is 7.33. The van der Waals surface area contributed by atoms with Crippen molar-refractivity contribution < 1.29 is 4.79 Å². The summed E-state index contributed by atoms with van der Waals surface area (Å²) in [7, 11) is 0. The van der Waals surface area contributed by atoms with Gasteiger partial charge in [-0.3, -0.25) is 4.79 Å². The molecule has 0 bridgehead atoms. The molecule has 5 heteroatoms. The van der Waals surface area contributed by atoms with Crippen molar-refractivity contribution in [1.29, 1.82) is 0 Å². The standard InChI is InChI=1S/C29H30N4O/c1-19-5-12-25(20(2)16-19)22-6-8-23(9-7-22)28-31-27-26(4-3-14-30-27)33(28)18-21-13-15-32(17-21)29(34)24-10-11-24/h3-9,12,14,16,21,24H,10-11,13,15,17-18H2,1-2H3. The van der Waals surface area contributed by atoms with Gasteiger partial charge in [0.25, 0.3) is 0 Å². The number of aryl methyl sites for hydroxylation is 2. The van der Waals surface area contributed by atoms with Crippen molar-refractivity contribution >= 4 is 17.1 Å². The minimum absolute atomic E-state index is 0.295. The first-order valence-electron chi connectivity index (χ1n) is 12.3. The number of imidazole rings is 1. The van der Waals surface area contributed by atoms with Crippen LogP contribution >= 0.6 is 0 Å². The summed E-state index contributed by atoms with van der Waals surface area (Å²) in [5.74, 6) is 2.05. The number of amides is 1. The van der Waals surface area contributed by atoms with Gasteiger partial charge < -0.3 is 9.47 Å². The maximum Gasteiger partial charge on any atom is 0.225 e. The van der Waals surface area contributed by atoms with Crippen molar-refractivity contribution in [3.63, 3.8) is 0 Å². The van der Waals surface area contributed by atoms with E-state index in [1.807, 2.05) is 6.07 Å². The first-order chi connectivity index (χ1) is 16.6. The van der Waals surface area contributed by atoms with E-state index in [4.69, 9.17) is 4.98 Å². The molecule has 1 unspecified atom stereocenters. The van der Waals surface area contributed by atoms with Crippen LogP contribution in [-0.4, -0.2) is 38.4 Å². The second-order valence-corrected chi connectivity index (χ2v) is 10.0. The SMILES string of the molecule is Cc1ccc(-c2ccc(-c3nc4ncccc4n3CC3CCN(C(=O)C4CC4)C3)cc2)c(C)c1. The van der Waals surface area contributed by atoms with Crippen LogP contribution in [0.15, 0.2) is 60.8 Å². The van der Waals surface area contributed by atoms with Crippen molar-refractivity contribution in [2.75, 3.05) is 13.1 Å². The molecule has 3 heterocycles. The Morgan fingerprint density at radius 2 is 1.79 bits per heavy atom. The summed E-state index contributed by atoms with van der Waals surface area (Å²) in [5.41, 5.74) is 7.98. The highest BCUT2D eigenvalue weighted by atomic mass is 16.2. The lowest BCUT2D eigenvalue weighted by atomic mass is 9.98. The maximum atomic E-state index is 12.5. The van der Waals surface area contributed by atoms with Gasteiger partial charge in [-0.1, -0.05) is 48.0 Å². The van der Waals surface area contributed by atoms with Gasteiger partial charge in [0.1, 0.15) is 5.82 Å². The zero-order chi connectivity index (χ0) is 23.2. The van der Waals surface area contributed by atoms with Gasteiger partial charge in [-0.15, -0.1) is 0 Å². The molecule has 2 aromatic heterocycles. The Kier molecular flexibility index (Phi) is 5.20. The van der Waals surface area contributed by atoms with Crippen LogP contribution < -0.4 is 0 Å². The highest BCUT2D eigenvalue weighted by Crippen LogP contribution is 2.34. The van der Waals surface area contributed by atoms with Crippen LogP contribution in [0.3, 0.4) is 0 Å². The van der Waals surface area contributed by atoms with Crippen LogP contribution in [0.25, 0.3) is 33.7 Å². The van der Waals surface area contributed by atoms with Crippen molar-refractivity contribution in [3.05, 3.63) is 71.9 Å². The van der Waals surface area contributed by atoms with Crippen molar-refractivity contribution in [2.45, 2.75) is 39.7 Å². The normalized spacial score (nSPS) is 18.1. The van der Waals surface area contributed by atoms with Crippen molar-refractivity contribution in [3.8, 4) is 22.5 Å². The number of rotatable bonds is 5. The predicted molar refractivity (Wildman–Crippen MR) is 135 cm³/mol. The predicted octanol–water partition coefficient (Wildman–Crippen LogP) is 5.64. The van der Waals surface area contributed by atoms with Crippen molar-refractivity contribution in [1.82, 2.24) is 19.4 Å². The molecule has 1 saturated carbocycles. The Balaban J connectivity index is 1.31. The van der Waals surface area contributed by atoms with Crippen LogP contribution in [0.5, 0.6) is 0 Å². The molecule has 1 saturated heterocycles. The molecule has 2 aromatic carbocycles. The molecule has 1 amide bonds. The average molecular weight is 451 g/mol. The lowest BCUT2D eigenvalue weighted by Crippen LogP contribution is -2.30. The zero-order valence-electron chi connectivity index (χ0n) is 19.9. The summed E-state index contributed by atoms with van der Waals surface area (Å²) < 4.78 is 2.31. The number of carbonyl (C=O) groups is 1.